The molecule has 2 fully saturated rings. The van der Waals surface area contributed by atoms with E-state index in [0.29, 0.717) is 19.8 Å². The number of hydrogen-bond acceptors (Lipinski definition) is 5. The first kappa shape index (κ1) is 19.6. The highest BCUT2D eigenvalue weighted by Crippen LogP contribution is 2.22. The van der Waals surface area contributed by atoms with Crippen molar-refractivity contribution in [1.82, 2.24) is 9.80 Å². The minimum absolute atomic E-state index is 0.00697. The number of benzene rings is 2. The average molecular weight is 382 g/mol. The summed E-state index contributed by atoms with van der Waals surface area (Å²) in [5.74, 6) is 0. The fraction of sp³-hybridized carbons (Fsp3) is 0.478. The number of nitrogens with zero attached hydrogens (tertiary/aromatic N) is 2. The van der Waals surface area contributed by atoms with Gasteiger partial charge < -0.3 is 20.1 Å². The van der Waals surface area contributed by atoms with Gasteiger partial charge >= 0.3 is 0 Å². The topological polar surface area (TPSA) is 51.0 Å². The minimum Gasteiger partial charge on any atom is -0.377 e. The molecule has 0 aromatic heterocycles. The Balaban J connectivity index is 1.31. The van der Waals surface area contributed by atoms with Crippen LogP contribution in [0.4, 0.5) is 0 Å². The van der Waals surface area contributed by atoms with Crippen LogP contribution in [-0.4, -0.2) is 68.4 Å². The maximum Gasteiger partial charge on any atom is 0.0985 e. The first-order valence-corrected chi connectivity index (χ1v) is 10.2. The Morgan fingerprint density at radius 1 is 0.893 bits per heavy atom. The van der Waals surface area contributed by atoms with E-state index in [9.17, 15) is 0 Å². The molecule has 2 N–H and O–H groups in total. The summed E-state index contributed by atoms with van der Waals surface area (Å²) in [6.07, 6.45) is 0.00697. The second-order valence-corrected chi connectivity index (χ2v) is 8.02. The third kappa shape index (κ3) is 4.99. The molecule has 5 heteroatoms. The molecule has 2 aromatic rings. The Hall–Kier alpha value is -1.76. The first-order valence-electron chi connectivity index (χ1n) is 10.2. The van der Waals surface area contributed by atoms with E-state index in [1.165, 1.54) is 16.7 Å². The van der Waals surface area contributed by atoms with Crippen LogP contribution in [0.1, 0.15) is 11.1 Å². The van der Waals surface area contributed by atoms with Gasteiger partial charge in [0.05, 0.1) is 32.0 Å². The lowest BCUT2D eigenvalue weighted by Gasteiger charge is -2.32. The number of nitrogens with two attached hydrogens (primary N) is 1. The number of piperazine rings is 1. The van der Waals surface area contributed by atoms with Crippen molar-refractivity contribution in [3.63, 3.8) is 0 Å². The standard InChI is InChI=1S/C23H31N3O2/c1-25-10-12-26(13-11-25)14-18-2-6-20(7-3-18)21-8-4-19(5-9-21)15-28-23-17-27-16-22(23)24/h2-9,22-23H,10-17,24H2,1H3/t22-,23-/m1/s1. The molecule has 0 saturated carbocycles. The number of hydrogen-bond donors (Lipinski definition) is 1. The van der Waals surface area contributed by atoms with Crippen LogP contribution in [0.2, 0.25) is 0 Å². The van der Waals surface area contributed by atoms with Crippen LogP contribution in [-0.2, 0) is 22.6 Å². The molecule has 4 rings (SSSR count). The lowest BCUT2D eigenvalue weighted by molar-refractivity contribution is 0.0265. The largest absolute Gasteiger partial charge is 0.377 e. The molecule has 5 nitrogen and oxygen atoms in total. The highest BCUT2D eigenvalue weighted by molar-refractivity contribution is 5.63. The molecule has 0 unspecified atom stereocenters. The van der Waals surface area contributed by atoms with Gasteiger partial charge in [0.25, 0.3) is 0 Å². The van der Waals surface area contributed by atoms with Crippen molar-refractivity contribution in [2.45, 2.75) is 25.3 Å². The van der Waals surface area contributed by atoms with E-state index < -0.39 is 0 Å². The maximum absolute atomic E-state index is 5.97. The molecule has 150 valence electrons. The molecule has 2 heterocycles. The van der Waals surface area contributed by atoms with E-state index in [0.717, 1.165) is 38.3 Å². The van der Waals surface area contributed by atoms with E-state index >= 15 is 0 Å². The van der Waals surface area contributed by atoms with Gasteiger partial charge in [0, 0.05) is 32.7 Å². The molecule has 0 amide bonds. The second kappa shape index (κ2) is 9.16. The molecule has 2 aliphatic heterocycles. The highest BCUT2D eigenvalue weighted by atomic mass is 16.5. The van der Waals surface area contributed by atoms with Crippen molar-refractivity contribution < 1.29 is 9.47 Å². The quantitative estimate of drug-likeness (QED) is 0.832. The molecule has 0 spiro atoms. The van der Waals surface area contributed by atoms with Gasteiger partial charge in [-0.05, 0) is 29.3 Å². The Labute approximate surface area is 168 Å². The van der Waals surface area contributed by atoms with Crippen LogP contribution in [0.5, 0.6) is 0 Å². The summed E-state index contributed by atoms with van der Waals surface area (Å²) in [6, 6.07) is 17.6. The van der Waals surface area contributed by atoms with Crippen molar-refractivity contribution in [3.8, 4) is 11.1 Å². The fourth-order valence-corrected chi connectivity index (χ4v) is 3.79. The number of rotatable bonds is 6. The van der Waals surface area contributed by atoms with Gasteiger partial charge in [-0.3, -0.25) is 4.90 Å². The average Bonchev–Trinajstić information content (AvgIpc) is 3.14. The van der Waals surface area contributed by atoms with E-state index in [1.54, 1.807) is 0 Å². The Morgan fingerprint density at radius 2 is 1.50 bits per heavy atom. The van der Waals surface area contributed by atoms with Crippen molar-refractivity contribution in [3.05, 3.63) is 59.7 Å². The first-order chi connectivity index (χ1) is 13.7. The molecule has 0 bridgehead atoms. The molecule has 2 aromatic carbocycles. The monoisotopic (exact) mass is 381 g/mol. The highest BCUT2D eigenvalue weighted by Gasteiger charge is 2.25. The zero-order valence-electron chi connectivity index (χ0n) is 16.7. The second-order valence-electron chi connectivity index (χ2n) is 8.02. The zero-order chi connectivity index (χ0) is 19.3. The third-order valence-electron chi connectivity index (χ3n) is 5.78. The molecule has 28 heavy (non-hydrogen) atoms. The van der Waals surface area contributed by atoms with Gasteiger partial charge in [0.15, 0.2) is 0 Å². The van der Waals surface area contributed by atoms with Gasteiger partial charge in [-0.25, -0.2) is 0 Å². The normalized spacial score (nSPS) is 23.9. The van der Waals surface area contributed by atoms with Crippen LogP contribution >= 0.6 is 0 Å². The van der Waals surface area contributed by atoms with Crippen molar-refractivity contribution in [2.24, 2.45) is 5.73 Å². The summed E-state index contributed by atoms with van der Waals surface area (Å²) < 4.78 is 11.2. The molecule has 2 atom stereocenters. The Morgan fingerprint density at radius 3 is 2.07 bits per heavy atom. The predicted molar refractivity (Wildman–Crippen MR) is 112 cm³/mol. The zero-order valence-corrected chi connectivity index (χ0v) is 16.7. The minimum atomic E-state index is -0.0105. The molecule has 2 aliphatic rings. The van der Waals surface area contributed by atoms with Gasteiger partial charge in [-0.1, -0.05) is 48.5 Å². The van der Waals surface area contributed by atoms with Crippen molar-refractivity contribution in [1.29, 1.82) is 0 Å². The van der Waals surface area contributed by atoms with E-state index in [-0.39, 0.29) is 12.1 Å². The molecule has 0 radical (unpaired) electrons. The number of ether oxygens (including phenoxy) is 2. The smallest absolute Gasteiger partial charge is 0.0985 e. The predicted octanol–water partition coefficient (Wildman–Crippen LogP) is 2.34. The summed E-state index contributed by atoms with van der Waals surface area (Å²) in [4.78, 5) is 4.93. The third-order valence-corrected chi connectivity index (χ3v) is 5.78. The summed E-state index contributed by atoms with van der Waals surface area (Å²) in [5, 5.41) is 0. The van der Waals surface area contributed by atoms with E-state index in [4.69, 9.17) is 15.2 Å². The van der Waals surface area contributed by atoms with Crippen molar-refractivity contribution in [2.75, 3.05) is 46.4 Å². The van der Waals surface area contributed by atoms with Crippen LogP contribution in [0.3, 0.4) is 0 Å². The molecule has 2 saturated heterocycles. The van der Waals surface area contributed by atoms with Crippen molar-refractivity contribution >= 4 is 0 Å². The SMILES string of the molecule is CN1CCN(Cc2ccc(-c3ccc(CO[C@@H]4COC[C@H]4N)cc3)cc2)CC1. The molecular weight excluding hydrogens is 350 g/mol. The van der Waals surface area contributed by atoms with Gasteiger partial charge in [0.2, 0.25) is 0 Å². The molecular formula is C23H31N3O2. The summed E-state index contributed by atoms with van der Waals surface area (Å²) in [5.41, 5.74) is 11.0. The van der Waals surface area contributed by atoms with Crippen LogP contribution in [0.25, 0.3) is 11.1 Å². The van der Waals surface area contributed by atoms with Gasteiger partial charge in [0.1, 0.15) is 0 Å². The fourth-order valence-electron chi connectivity index (χ4n) is 3.79. The summed E-state index contributed by atoms with van der Waals surface area (Å²) in [7, 11) is 2.20. The van der Waals surface area contributed by atoms with E-state index in [1.807, 2.05) is 0 Å². The summed E-state index contributed by atoms with van der Waals surface area (Å²) in [6.45, 7) is 7.43. The molecule has 0 aliphatic carbocycles. The van der Waals surface area contributed by atoms with Gasteiger partial charge in [-0.15, -0.1) is 0 Å². The van der Waals surface area contributed by atoms with Gasteiger partial charge in [-0.2, -0.15) is 0 Å². The lowest BCUT2D eigenvalue weighted by atomic mass is 10.0. The van der Waals surface area contributed by atoms with Crippen LogP contribution in [0, 0.1) is 0 Å². The summed E-state index contributed by atoms with van der Waals surface area (Å²) >= 11 is 0. The maximum atomic E-state index is 5.97. The number of likely N-dealkylation sites (N-methyl/N-ethyl adjacent to an activating group) is 1. The Bertz CT molecular complexity index is 739. The Kier molecular flexibility index (Phi) is 6.40. The van der Waals surface area contributed by atoms with Crippen LogP contribution in [0.15, 0.2) is 48.5 Å². The lowest BCUT2D eigenvalue weighted by Crippen LogP contribution is -2.43. The van der Waals surface area contributed by atoms with Crippen LogP contribution < -0.4 is 5.73 Å². The van der Waals surface area contributed by atoms with E-state index in [2.05, 4.69) is 65.4 Å².